The minimum absolute atomic E-state index is 0.171. The minimum Gasteiger partial charge on any atom is -0.449 e. The van der Waals surface area contributed by atoms with Crippen LogP contribution in [0.3, 0.4) is 0 Å². The van der Waals surface area contributed by atoms with Crippen molar-refractivity contribution in [3.63, 3.8) is 0 Å². The van der Waals surface area contributed by atoms with Crippen molar-refractivity contribution in [2.75, 3.05) is 5.32 Å². The van der Waals surface area contributed by atoms with E-state index in [1.165, 1.54) is 43.5 Å². The highest BCUT2D eigenvalue weighted by atomic mass is 35.5. The second-order valence-electron chi connectivity index (χ2n) is 5.39. The molecule has 2 aromatic rings. The second kappa shape index (κ2) is 8.68. The lowest BCUT2D eigenvalue weighted by Crippen LogP contribution is -2.29. The standard InChI is InChI=1S/C18H14ClF3N2O3/c1-11(17(26)24-15-7-6-14(19)10-23-15)27-16(25)8-5-12-3-2-4-13(9-12)18(20,21)22/h2-11H,1H3,(H,23,24,26)/b8-5+. The first kappa shape index (κ1) is 20.4. The second-order valence-corrected chi connectivity index (χ2v) is 5.82. The van der Waals surface area contributed by atoms with E-state index in [2.05, 4.69) is 10.3 Å². The van der Waals surface area contributed by atoms with Gasteiger partial charge >= 0.3 is 12.1 Å². The number of carbonyl (C=O) groups excluding carboxylic acids is 2. The number of rotatable bonds is 5. The van der Waals surface area contributed by atoms with Gasteiger partial charge in [-0.2, -0.15) is 13.2 Å². The fraction of sp³-hybridized carbons (Fsp3) is 0.167. The molecule has 0 spiro atoms. The maximum absolute atomic E-state index is 12.7. The summed E-state index contributed by atoms with van der Waals surface area (Å²) in [4.78, 5) is 27.6. The molecule has 5 nitrogen and oxygen atoms in total. The number of benzene rings is 1. The van der Waals surface area contributed by atoms with Gasteiger partial charge in [0.15, 0.2) is 6.10 Å². The highest BCUT2D eigenvalue weighted by molar-refractivity contribution is 6.30. The first-order valence-corrected chi connectivity index (χ1v) is 8.01. The van der Waals surface area contributed by atoms with Gasteiger partial charge in [-0.05, 0) is 42.8 Å². The third kappa shape index (κ3) is 6.41. The quantitative estimate of drug-likeness (QED) is 0.601. The normalized spacial score (nSPS) is 12.6. The summed E-state index contributed by atoms with van der Waals surface area (Å²) < 4.78 is 42.9. The minimum atomic E-state index is -4.48. The maximum atomic E-state index is 12.7. The van der Waals surface area contributed by atoms with Crippen LogP contribution in [0.1, 0.15) is 18.1 Å². The number of carbonyl (C=O) groups is 2. The molecule has 0 saturated heterocycles. The molecule has 1 unspecified atom stereocenters. The van der Waals surface area contributed by atoms with Gasteiger partial charge in [0.1, 0.15) is 5.82 Å². The predicted octanol–water partition coefficient (Wildman–Crippen LogP) is 4.34. The Morgan fingerprint density at radius 1 is 1.26 bits per heavy atom. The van der Waals surface area contributed by atoms with Crippen LogP contribution in [0.15, 0.2) is 48.7 Å². The van der Waals surface area contributed by atoms with Gasteiger partial charge in [-0.25, -0.2) is 9.78 Å². The lowest BCUT2D eigenvalue weighted by molar-refractivity contribution is -0.148. The summed E-state index contributed by atoms with van der Waals surface area (Å²) in [7, 11) is 0. The van der Waals surface area contributed by atoms with E-state index in [1.807, 2.05) is 0 Å². The summed E-state index contributed by atoms with van der Waals surface area (Å²) >= 11 is 5.69. The largest absolute Gasteiger partial charge is 0.449 e. The molecule has 142 valence electrons. The smallest absolute Gasteiger partial charge is 0.416 e. The fourth-order valence-corrected chi connectivity index (χ4v) is 2.04. The predicted molar refractivity (Wildman–Crippen MR) is 93.9 cm³/mol. The summed E-state index contributed by atoms with van der Waals surface area (Å²) in [5.74, 6) is -1.27. The number of nitrogens with one attached hydrogen (secondary N) is 1. The Hall–Kier alpha value is -2.87. The number of pyridine rings is 1. The molecular formula is C18H14ClF3N2O3. The number of nitrogens with zero attached hydrogens (tertiary/aromatic N) is 1. The Balaban J connectivity index is 1.93. The number of alkyl halides is 3. The zero-order valence-corrected chi connectivity index (χ0v) is 14.7. The van der Waals surface area contributed by atoms with Crippen molar-refractivity contribution in [1.82, 2.24) is 4.98 Å². The van der Waals surface area contributed by atoms with Gasteiger partial charge in [-0.15, -0.1) is 0 Å². The van der Waals surface area contributed by atoms with Gasteiger partial charge in [0.25, 0.3) is 5.91 Å². The Morgan fingerprint density at radius 3 is 2.63 bits per heavy atom. The molecule has 0 aliphatic heterocycles. The van der Waals surface area contributed by atoms with E-state index in [-0.39, 0.29) is 11.4 Å². The molecule has 0 aliphatic carbocycles. The molecule has 0 bridgehead atoms. The number of esters is 1. The van der Waals surface area contributed by atoms with Gasteiger partial charge in [-0.3, -0.25) is 4.79 Å². The van der Waals surface area contributed by atoms with E-state index in [9.17, 15) is 22.8 Å². The molecule has 0 fully saturated rings. The van der Waals surface area contributed by atoms with E-state index >= 15 is 0 Å². The number of hydrogen-bond donors (Lipinski definition) is 1. The number of ether oxygens (including phenoxy) is 1. The van der Waals surface area contributed by atoms with Crippen LogP contribution in [0.25, 0.3) is 6.08 Å². The van der Waals surface area contributed by atoms with Crippen molar-refractivity contribution in [1.29, 1.82) is 0 Å². The van der Waals surface area contributed by atoms with Crippen molar-refractivity contribution in [2.45, 2.75) is 19.2 Å². The Morgan fingerprint density at radius 2 is 2.00 bits per heavy atom. The monoisotopic (exact) mass is 398 g/mol. The molecule has 27 heavy (non-hydrogen) atoms. The van der Waals surface area contributed by atoms with Crippen LogP contribution >= 0.6 is 11.6 Å². The van der Waals surface area contributed by atoms with Crippen molar-refractivity contribution in [2.24, 2.45) is 0 Å². The van der Waals surface area contributed by atoms with Crippen LogP contribution in [0.4, 0.5) is 19.0 Å². The SMILES string of the molecule is CC(OC(=O)/C=C/c1cccc(C(F)(F)F)c1)C(=O)Nc1ccc(Cl)cn1. The van der Waals surface area contributed by atoms with Crippen LogP contribution < -0.4 is 5.32 Å². The van der Waals surface area contributed by atoms with Crippen molar-refractivity contribution >= 4 is 35.4 Å². The van der Waals surface area contributed by atoms with E-state index in [4.69, 9.17) is 16.3 Å². The summed E-state index contributed by atoms with van der Waals surface area (Å²) in [5.41, 5.74) is -0.662. The molecular weight excluding hydrogens is 385 g/mol. The average molecular weight is 399 g/mol. The zero-order chi connectivity index (χ0) is 20.0. The third-order valence-electron chi connectivity index (χ3n) is 3.27. The Kier molecular flexibility index (Phi) is 6.57. The average Bonchev–Trinajstić information content (AvgIpc) is 2.61. The molecule has 0 radical (unpaired) electrons. The molecule has 1 aromatic carbocycles. The van der Waals surface area contributed by atoms with Crippen molar-refractivity contribution in [3.05, 3.63) is 64.8 Å². The van der Waals surface area contributed by atoms with Crippen LogP contribution in [0.5, 0.6) is 0 Å². The van der Waals surface area contributed by atoms with Crippen molar-refractivity contribution in [3.8, 4) is 0 Å². The van der Waals surface area contributed by atoms with Gasteiger partial charge < -0.3 is 10.1 Å². The van der Waals surface area contributed by atoms with Gasteiger partial charge in [0.05, 0.1) is 10.6 Å². The first-order chi connectivity index (χ1) is 12.6. The van der Waals surface area contributed by atoms with Crippen LogP contribution in [0, 0.1) is 0 Å². The number of hydrogen-bond acceptors (Lipinski definition) is 4. The number of halogens is 4. The van der Waals surface area contributed by atoms with Gasteiger partial charge in [0.2, 0.25) is 0 Å². The first-order valence-electron chi connectivity index (χ1n) is 7.63. The van der Waals surface area contributed by atoms with E-state index in [0.29, 0.717) is 5.02 Å². The molecule has 1 heterocycles. The lowest BCUT2D eigenvalue weighted by Gasteiger charge is -2.11. The number of amides is 1. The molecule has 0 saturated carbocycles. The molecule has 1 N–H and O–H groups in total. The highest BCUT2D eigenvalue weighted by Crippen LogP contribution is 2.29. The summed E-state index contributed by atoms with van der Waals surface area (Å²) in [6.07, 6.45) is -2.16. The summed E-state index contributed by atoms with van der Waals surface area (Å²) in [6, 6.07) is 7.45. The molecule has 2 rings (SSSR count). The molecule has 1 amide bonds. The highest BCUT2D eigenvalue weighted by Gasteiger charge is 2.30. The zero-order valence-electron chi connectivity index (χ0n) is 14.0. The number of anilines is 1. The van der Waals surface area contributed by atoms with Gasteiger partial charge in [0, 0.05) is 12.3 Å². The Labute approximate surface area is 157 Å². The van der Waals surface area contributed by atoms with Crippen LogP contribution in [-0.4, -0.2) is 23.0 Å². The fourth-order valence-electron chi connectivity index (χ4n) is 1.93. The summed E-state index contributed by atoms with van der Waals surface area (Å²) in [5, 5.41) is 2.83. The molecule has 0 aliphatic rings. The number of aromatic nitrogens is 1. The van der Waals surface area contributed by atoms with Crippen LogP contribution in [0.2, 0.25) is 5.02 Å². The molecule has 1 atom stereocenters. The van der Waals surface area contributed by atoms with Gasteiger partial charge in [-0.1, -0.05) is 23.7 Å². The topological polar surface area (TPSA) is 68.3 Å². The lowest BCUT2D eigenvalue weighted by atomic mass is 10.1. The van der Waals surface area contributed by atoms with Crippen LogP contribution in [-0.2, 0) is 20.5 Å². The maximum Gasteiger partial charge on any atom is 0.416 e. The molecule has 9 heteroatoms. The van der Waals surface area contributed by atoms with E-state index in [0.717, 1.165) is 18.2 Å². The summed E-state index contributed by atoms with van der Waals surface area (Å²) in [6.45, 7) is 1.35. The Bertz CT molecular complexity index is 852. The van der Waals surface area contributed by atoms with E-state index in [1.54, 1.807) is 0 Å². The van der Waals surface area contributed by atoms with E-state index < -0.39 is 29.7 Å². The van der Waals surface area contributed by atoms with Crippen molar-refractivity contribution < 1.29 is 27.5 Å². The third-order valence-corrected chi connectivity index (χ3v) is 3.49. The molecule has 1 aromatic heterocycles.